The number of nitrogen functional groups attached to an aromatic ring is 1. The number of hydrogen-bond acceptors (Lipinski definition) is 5. The maximum absolute atomic E-state index is 12.9. The third-order valence-corrected chi connectivity index (χ3v) is 4.40. The second-order valence-electron chi connectivity index (χ2n) is 4.98. The molecule has 0 amide bonds. The number of ketones is 1. The van der Waals surface area contributed by atoms with Gasteiger partial charge in [0.05, 0.1) is 12.1 Å². The predicted octanol–water partition coefficient (Wildman–Crippen LogP) is 3.39. The van der Waals surface area contributed by atoms with E-state index in [0.29, 0.717) is 11.3 Å². The molecule has 0 radical (unpaired) electrons. The average molecular weight is 384 g/mol. The van der Waals surface area contributed by atoms with Crippen LogP contribution < -0.4 is 16.8 Å². The normalized spacial score (nSPS) is 19.0. The molecule has 1 heterocycles. The van der Waals surface area contributed by atoms with Crippen LogP contribution in [0.4, 0.5) is 15.8 Å². The van der Waals surface area contributed by atoms with Crippen molar-refractivity contribution in [3.63, 3.8) is 0 Å². The lowest BCUT2D eigenvalue weighted by Gasteiger charge is -2.23. The van der Waals surface area contributed by atoms with E-state index in [1.165, 1.54) is 36.0 Å². The molecule has 0 bridgehead atoms. The van der Waals surface area contributed by atoms with Gasteiger partial charge in [-0.15, -0.1) is 17.0 Å². The summed E-state index contributed by atoms with van der Waals surface area (Å²) in [5, 5.41) is 3.14. The van der Waals surface area contributed by atoms with Gasteiger partial charge in [0.2, 0.25) is 0 Å². The fourth-order valence-electron chi connectivity index (χ4n) is 2.23. The van der Waals surface area contributed by atoms with Gasteiger partial charge in [-0.3, -0.25) is 10.5 Å². The van der Waals surface area contributed by atoms with Gasteiger partial charge in [0, 0.05) is 16.1 Å². The number of nitrogens with one attached hydrogen (secondary N) is 1. The van der Waals surface area contributed by atoms with Gasteiger partial charge in [0.15, 0.2) is 5.78 Å². The van der Waals surface area contributed by atoms with Crippen LogP contribution in [0, 0.1) is 5.82 Å². The summed E-state index contributed by atoms with van der Waals surface area (Å²) in [6.45, 7) is 0. The smallest absolute Gasteiger partial charge is 0.167 e. The van der Waals surface area contributed by atoms with Gasteiger partial charge < -0.3 is 11.1 Å². The summed E-state index contributed by atoms with van der Waals surface area (Å²) in [6, 6.07) is 10.9. The maximum Gasteiger partial charge on any atom is 0.167 e. The van der Waals surface area contributed by atoms with E-state index >= 15 is 0 Å². The Morgan fingerprint density at radius 1 is 1.23 bits per heavy atom. The first kappa shape index (κ1) is 16.8. The molecule has 1 unspecified atom stereocenters. The highest BCUT2D eigenvalue weighted by Gasteiger charge is 2.36. The molecule has 22 heavy (non-hydrogen) atoms. The van der Waals surface area contributed by atoms with Crippen molar-refractivity contribution in [2.75, 3.05) is 11.1 Å². The van der Waals surface area contributed by atoms with Gasteiger partial charge in [0.25, 0.3) is 0 Å². The summed E-state index contributed by atoms with van der Waals surface area (Å²) in [5.74, 6) is -0.511. The number of carbonyl (C=O) groups excluding carboxylic acids is 1. The molecule has 0 aromatic heterocycles. The quantitative estimate of drug-likeness (QED) is 0.558. The standard InChI is InChI=1S/C15H14FN3OS.BrH/c16-10-3-1-9(2-4-10)13(20)8-15(18)19-12-6-5-11(17)7-14(12)21-15;/h1-7,19H,8,17-18H2;1H. The minimum Gasteiger partial charge on any atom is -0.399 e. The van der Waals surface area contributed by atoms with Crippen molar-refractivity contribution in [1.29, 1.82) is 0 Å². The van der Waals surface area contributed by atoms with Gasteiger partial charge in [-0.25, -0.2) is 4.39 Å². The van der Waals surface area contributed by atoms with E-state index < -0.39 is 4.99 Å². The van der Waals surface area contributed by atoms with E-state index in [4.69, 9.17) is 11.5 Å². The number of carbonyl (C=O) groups is 1. The molecule has 4 nitrogen and oxygen atoms in total. The van der Waals surface area contributed by atoms with Crippen LogP contribution in [0.25, 0.3) is 0 Å². The number of rotatable bonds is 3. The number of halogens is 2. The Hall–Kier alpha value is -1.57. The summed E-state index contributed by atoms with van der Waals surface area (Å²) in [4.78, 5) is 12.3. The number of Topliss-reactive ketones (excluding diaryl/α,β-unsaturated/α-hetero) is 1. The molecule has 0 saturated heterocycles. The minimum atomic E-state index is -0.915. The molecule has 3 rings (SSSR count). The molecule has 0 fully saturated rings. The molecule has 7 heteroatoms. The van der Waals surface area contributed by atoms with Gasteiger partial charge in [0.1, 0.15) is 10.8 Å². The SMILES string of the molecule is Br.Nc1ccc2c(c1)SC(N)(CC(=O)c1ccc(F)cc1)N2. The van der Waals surface area contributed by atoms with E-state index in [1.807, 2.05) is 12.1 Å². The zero-order valence-corrected chi connectivity index (χ0v) is 14.0. The third kappa shape index (κ3) is 3.43. The summed E-state index contributed by atoms with van der Waals surface area (Å²) in [7, 11) is 0. The predicted molar refractivity (Wildman–Crippen MR) is 92.9 cm³/mol. The summed E-state index contributed by atoms with van der Waals surface area (Å²) < 4.78 is 12.9. The van der Waals surface area contributed by atoms with E-state index in [-0.39, 0.29) is 35.0 Å². The Labute approximate surface area is 142 Å². The van der Waals surface area contributed by atoms with E-state index in [1.54, 1.807) is 6.07 Å². The number of hydrogen-bond donors (Lipinski definition) is 3. The van der Waals surface area contributed by atoms with Gasteiger partial charge >= 0.3 is 0 Å². The van der Waals surface area contributed by atoms with Crippen LogP contribution in [-0.2, 0) is 0 Å². The van der Waals surface area contributed by atoms with Crippen molar-refractivity contribution < 1.29 is 9.18 Å². The molecular weight excluding hydrogens is 369 g/mol. The van der Waals surface area contributed by atoms with Crippen molar-refractivity contribution in [3.05, 3.63) is 53.8 Å². The topological polar surface area (TPSA) is 81.1 Å². The molecule has 1 aliphatic heterocycles. The van der Waals surface area contributed by atoms with Crippen LogP contribution in [0.1, 0.15) is 16.8 Å². The molecule has 1 atom stereocenters. The van der Waals surface area contributed by atoms with Gasteiger partial charge in [-0.2, -0.15) is 0 Å². The highest BCUT2D eigenvalue weighted by atomic mass is 79.9. The average Bonchev–Trinajstić information content (AvgIpc) is 2.74. The third-order valence-electron chi connectivity index (χ3n) is 3.23. The van der Waals surface area contributed by atoms with Crippen LogP contribution in [0.3, 0.4) is 0 Å². The molecule has 0 aliphatic carbocycles. The Bertz CT molecular complexity index is 710. The van der Waals surface area contributed by atoms with Crippen molar-refractivity contribution in [2.24, 2.45) is 5.73 Å². The monoisotopic (exact) mass is 383 g/mol. The molecular formula is C15H15BrFN3OS. The molecule has 1 aliphatic rings. The van der Waals surface area contributed by atoms with Crippen molar-refractivity contribution >= 4 is 45.9 Å². The minimum absolute atomic E-state index is 0. The van der Waals surface area contributed by atoms with Crippen molar-refractivity contribution in [2.45, 2.75) is 16.3 Å². The zero-order chi connectivity index (χ0) is 15.0. The van der Waals surface area contributed by atoms with Gasteiger partial charge in [-0.1, -0.05) is 11.8 Å². The van der Waals surface area contributed by atoms with Crippen LogP contribution in [0.2, 0.25) is 0 Å². The number of anilines is 2. The molecule has 2 aromatic carbocycles. The number of thioether (sulfide) groups is 1. The Morgan fingerprint density at radius 3 is 2.59 bits per heavy atom. The van der Waals surface area contributed by atoms with E-state index in [2.05, 4.69) is 5.32 Å². The molecule has 2 aromatic rings. The van der Waals surface area contributed by atoms with Crippen LogP contribution in [-0.4, -0.2) is 10.8 Å². The largest absolute Gasteiger partial charge is 0.399 e. The van der Waals surface area contributed by atoms with Crippen molar-refractivity contribution in [1.82, 2.24) is 0 Å². The fraction of sp³-hybridized carbons (Fsp3) is 0.133. The first-order chi connectivity index (χ1) is 9.95. The second-order valence-corrected chi connectivity index (χ2v) is 6.35. The Balaban J connectivity index is 0.00000176. The number of benzene rings is 2. The molecule has 5 N–H and O–H groups in total. The molecule has 0 saturated carbocycles. The maximum atomic E-state index is 12.9. The number of fused-ring (bicyclic) bond motifs is 1. The number of nitrogens with two attached hydrogens (primary N) is 2. The Kier molecular flexibility index (Phi) is 4.79. The Morgan fingerprint density at radius 2 is 1.91 bits per heavy atom. The van der Waals surface area contributed by atoms with Gasteiger partial charge in [-0.05, 0) is 42.5 Å². The van der Waals surface area contributed by atoms with E-state index in [0.717, 1.165) is 10.6 Å². The second kappa shape index (κ2) is 6.28. The van der Waals surface area contributed by atoms with Crippen molar-refractivity contribution in [3.8, 4) is 0 Å². The van der Waals surface area contributed by atoms with E-state index in [9.17, 15) is 9.18 Å². The van der Waals surface area contributed by atoms with Crippen LogP contribution in [0.5, 0.6) is 0 Å². The summed E-state index contributed by atoms with van der Waals surface area (Å²) >= 11 is 1.37. The lowest BCUT2D eigenvalue weighted by Crippen LogP contribution is -2.43. The first-order valence-corrected chi connectivity index (χ1v) is 7.21. The lowest BCUT2D eigenvalue weighted by atomic mass is 10.1. The highest BCUT2D eigenvalue weighted by molar-refractivity contribution is 8.93. The molecule has 0 spiro atoms. The van der Waals surface area contributed by atoms with Crippen LogP contribution in [0.15, 0.2) is 47.4 Å². The fourth-order valence-corrected chi connectivity index (χ4v) is 3.41. The first-order valence-electron chi connectivity index (χ1n) is 6.40. The summed E-state index contributed by atoms with van der Waals surface area (Å²) in [6.07, 6.45) is 0.0951. The van der Waals surface area contributed by atoms with Crippen LogP contribution >= 0.6 is 28.7 Å². The zero-order valence-electron chi connectivity index (χ0n) is 11.5. The lowest BCUT2D eigenvalue weighted by molar-refractivity contribution is 0.0973. The molecule has 116 valence electrons. The highest BCUT2D eigenvalue weighted by Crippen LogP contribution is 2.45. The summed E-state index contributed by atoms with van der Waals surface area (Å²) in [5.41, 5.74) is 13.9.